The number of sulfonamides is 1. The zero-order valence-electron chi connectivity index (χ0n) is 15.2. The molecule has 28 heavy (non-hydrogen) atoms. The van der Waals surface area contributed by atoms with Gasteiger partial charge in [-0.3, -0.25) is 0 Å². The van der Waals surface area contributed by atoms with Crippen LogP contribution in [-0.4, -0.2) is 53.2 Å². The monoisotopic (exact) mass is 423 g/mol. The quantitative estimate of drug-likeness (QED) is 0.569. The van der Waals surface area contributed by atoms with Crippen LogP contribution in [0.5, 0.6) is 5.75 Å². The molecule has 1 aromatic heterocycles. The third kappa shape index (κ3) is 4.08. The fraction of sp³-hybridized carbons (Fsp3) is 0.235. The average molecular weight is 424 g/mol. The SMILES string of the molecule is CN(C)S(=O)(=O)c1ccc(OCCn2nnn(-c3ccccc3Cl)c2=O)cc1. The van der Waals surface area contributed by atoms with Gasteiger partial charge in [-0.1, -0.05) is 23.7 Å². The van der Waals surface area contributed by atoms with E-state index in [1.54, 1.807) is 36.4 Å². The summed E-state index contributed by atoms with van der Waals surface area (Å²) in [6.45, 7) is 0.321. The van der Waals surface area contributed by atoms with Crippen LogP contribution in [0.15, 0.2) is 58.2 Å². The summed E-state index contributed by atoms with van der Waals surface area (Å²) in [7, 11) is -0.558. The van der Waals surface area contributed by atoms with Gasteiger partial charge < -0.3 is 4.74 Å². The highest BCUT2D eigenvalue weighted by Crippen LogP contribution is 2.18. The molecule has 0 spiro atoms. The molecule has 3 aromatic rings. The summed E-state index contributed by atoms with van der Waals surface area (Å²) >= 11 is 6.08. The first kappa shape index (κ1) is 20.1. The summed E-state index contributed by atoms with van der Waals surface area (Å²) in [6, 6.07) is 12.9. The molecule has 0 unspecified atom stereocenters. The van der Waals surface area contributed by atoms with E-state index in [0.717, 1.165) is 13.7 Å². The van der Waals surface area contributed by atoms with E-state index in [1.807, 2.05) is 0 Å². The van der Waals surface area contributed by atoms with E-state index in [2.05, 4.69) is 10.4 Å². The van der Waals surface area contributed by atoms with Crippen LogP contribution >= 0.6 is 11.6 Å². The third-order valence-corrected chi connectivity index (χ3v) is 6.04. The molecule has 0 aliphatic heterocycles. The molecule has 0 amide bonds. The van der Waals surface area contributed by atoms with Crippen molar-refractivity contribution in [1.29, 1.82) is 0 Å². The van der Waals surface area contributed by atoms with Crippen LogP contribution in [0.1, 0.15) is 0 Å². The lowest BCUT2D eigenvalue weighted by molar-refractivity contribution is 0.287. The molecule has 0 bridgehead atoms. The van der Waals surface area contributed by atoms with Crippen LogP contribution in [0.4, 0.5) is 0 Å². The molecule has 0 saturated heterocycles. The number of benzene rings is 2. The molecule has 0 aliphatic carbocycles. The topological polar surface area (TPSA) is 99.3 Å². The Balaban J connectivity index is 1.65. The lowest BCUT2D eigenvalue weighted by Crippen LogP contribution is -2.26. The number of para-hydroxylation sites is 1. The van der Waals surface area contributed by atoms with Crippen molar-refractivity contribution >= 4 is 21.6 Å². The Labute approximate surface area is 166 Å². The molecule has 3 rings (SSSR count). The van der Waals surface area contributed by atoms with Crippen molar-refractivity contribution in [3.05, 3.63) is 64.0 Å². The molecule has 0 saturated carbocycles. The van der Waals surface area contributed by atoms with Gasteiger partial charge in [0.15, 0.2) is 0 Å². The van der Waals surface area contributed by atoms with Gasteiger partial charge >= 0.3 is 5.69 Å². The zero-order chi connectivity index (χ0) is 20.3. The van der Waals surface area contributed by atoms with E-state index in [0.29, 0.717) is 16.5 Å². The number of ether oxygens (including phenoxy) is 1. The largest absolute Gasteiger partial charge is 0.492 e. The van der Waals surface area contributed by atoms with Gasteiger partial charge in [0.25, 0.3) is 0 Å². The van der Waals surface area contributed by atoms with Crippen molar-refractivity contribution in [1.82, 2.24) is 24.1 Å². The molecule has 11 heteroatoms. The van der Waals surface area contributed by atoms with E-state index >= 15 is 0 Å². The van der Waals surface area contributed by atoms with Crippen molar-refractivity contribution < 1.29 is 13.2 Å². The first-order valence-electron chi connectivity index (χ1n) is 8.24. The van der Waals surface area contributed by atoms with Crippen LogP contribution in [-0.2, 0) is 16.6 Å². The minimum absolute atomic E-state index is 0.154. The standard InChI is InChI=1S/C17H18ClN5O4S/c1-21(2)28(25,26)14-9-7-13(8-10-14)27-12-11-22-17(24)23(20-19-22)16-6-4-3-5-15(16)18/h3-10H,11-12H2,1-2H3. The number of aromatic nitrogens is 4. The molecule has 0 radical (unpaired) electrons. The highest BCUT2D eigenvalue weighted by atomic mass is 35.5. The Hall–Kier alpha value is -2.69. The van der Waals surface area contributed by atoms with Gasteiger partial charge in [0.05, 0.1) is 22.2 Å². The Morgan fingerprint density at radius 3 is 2.39 bits per heavy atom. The molecule has 0 aliphatic rings. The highest BCUT2D eigenvalue weighted by Gasteiger charge is 2.16. The second-order valence-corrected chi connectivity index (χ2v) is 8.51. The Morgan fingerprint density at radius 2 is 1.75 bits per heavy atom. The predicted octanol–water partition coefficient (Wildman–Crippen LogP) is 1.41. The first-order chi connectivity index (χ1) is 13.3. The summed E-state index contributed by atoms with van der Waals surface area (Å²) in [4.78, 5) is 12.6. The first-order valence-corrected chi connectivity index (χ1v) is 10.1. The molecule has 0 fully saturated rings. The lowest BCUT2D eigenvalue weighted by Gasteiger charge is -2.12. The van der Waals surface area contributed by atoms with Gasteiger partial charge in [0.2, 0.25) is 10.0 Å². The van der Waals surface area contributed by atoms with Crippen molar-refractivity contribution in [2.75, 3.05) is 20.7 Å². The number of hydrogen-bond donors (Lipinski definition) is 0. The number of nitrogens with zero attached hydrogens (tertiary/aromatic N) is 5. The molecular weight excluding hydrogens is 406 g/mol. The van der Waals surface area contributed by atoms with Crippen LogP contribution in [0.25, 0.3) is 5.69 Å². The lowest BCUT2D eigenvalue weighted by atomic mass is 10.3. The summed E-state index contributed by atoms with van der Waals surface area (Å²) in [5, 5.41) is 8.05. The second-order valence-electron chi connectivity index (χ2n) is 5.96. The van der Waals surface area contributed by atoms with E-state index in [4.69, 9.17) is 16.3 Å². The molecule has 0 atom stereocenters. The zero-order valence-corrected chi connectivity index (χ0v) is 16.8. The predicted molar refractivity (Wildman–Crippen MR) is 103 cm³/mol. The van der Waals surface area contributed by atoms with Crippen LogP contribution in [0.2, 0.25) is 5.02 Å². The number of hydrogen-bond acceptors (Lipinski definition) is 6. The minimum atomic E-state index is -3.49. The summed E-state index contributed by atoms with van der Waals surface area (Å²) in [5.74, 6) is 0.476. The van der Waals surface area contributed by atoms with Gasteiger partial charge in [-0.15, -0.1) is 0 Å². The van der Waals surface area contributed by atoms with Crippen molar-refractivity contribution in [3.8, 4) is 11.4 Å². The maximum Gasteiger partial charge on any atom is 0.368 e. The van der Waals surface area contributed by atoms with Gasteiger partial charge in [-0.05, 0) is 46.8 Å². The maximum absolute atomic E-state index is 12.4. The van der Waals surface area contributed by atoms with Crippen LogP contribution in [0, 0.1) is 0 Å². The Bertz CT molecular complexity index is 1120. The normalized spacial score (nSPS) is 11.7. The van der Waals surface area contributed by atoms with Gasteiger partial charge in [0, 0.05) is 14.1 Å². The molecule has 2 aromatic carbocycles. The van der Waals surface area contributed by atoms with E-state index in [-0.39, 0.29) is 18.0 Å². The van der Waals surface area contributed by atoms with E-state index < -0.39 is 15.7 Å². The van der Waals surface area contributed by atoms with Crippen LogP contribution < -0.4 is 10.4 Å². The second kappa shape index (κ2) is 8.13. The summed E-state index contributed by atoms with van der Waals surface area (Å²) < 4.78 is 33.1. The highest BCUT2D eigenvalue weighted by molar-refractivity contribution is 7.89. The van der Waals surface area contributed by atoms with Crippen molar-refractivity contribution in [2.24, 2.45) is 0 Å². The molecule has 1 heterocycles. The van der Waals surface area contributed by atoms with E-state index in [1.165, 1.54) is 26.2 Å². The molecule has 9 nitrogen and oxygen atoms in total. The van der Waals surface area contributed by atoms with E-state index in [9.17, 15) is 13.2 Å². The summed E-state index contributed by atoms with van der Waals surface area (Å²) in [6.07, 6.45) is 0. The molecule has 148 valence electrons. The number of rotatable bonds is 7. The average Bonchev–Trinajstić information content (AvgIpc) is 3.03. The Kier molecular flexibility index (Phi) is 5.82. The number of halogens is 1. The smallest absolute Gasteiger partial charge is 0.368 e. The van der Waals surface area contributed by atoms with Gasteiger partial charge in [-0.2, -0.15) is 9.36 Å². The minimum Gasteiger partial charge on any atom is -0.492 e. The fourth-order valence-corrected chi connectivity index (χ4v) is 3.48. The van der Waals surface area contributed by atoms with Gasteiger partial charge in [0.1, 0.15) is 12.4 Å². The van der Waals surface area contributed by atoms with Crippen molar-refractivity contribution in [3.63, 3.8) is 0 Å². The fourth-order valence-electron chi connectivity index (χ4n) is 2.36. The van der Waals surface area contributed by atoms with Crippen molar-refractivity contribution in [2.45, 2.75) is 11.4 Å². The van der Waals surface area contributed by atoms with Gasteiger partial charge in [-0.25, -0.2) is 17.5 Å². The Morgan fingerprint density at radius 1 is 1.07 bits per heavy atom. The summed E-state index contributed by atoms with van der Waals surface area (Å²) in [5.41, 5.74) is 0.00292. The number of tetrazole rings is 1. The maximum atomic E-state index is 12.4. The molecular formula is C17H18ClN5O4S. The molecule has 0 N–H and O–H groups in total. The third-order valence-electron chi connectivity index (χ3n) is 3.89. The van der Waals surface area contributed by atoms with Crippen LogP contribution in [0.3, 0.4) is 0 Å².